The topological polar surface area (TPSA) is 26.0 Å². The molecule has 0 atom stereocenters. The fourth-order valence-corrected chi connectivity index (χ4v) is 0.935. The molecule has 0 aromatic heterocycles. The van der Waals surface area contributed by atoms with Crippen LogP contribution in [0, 0.1) is 0 Å². The molecule has 0 aliphatic heterocycles. The van der Waals surface area contributed by atoms with E-state index in [1.807, 2.05) is 37.3 Å². The second kappa shape index (κ2) is 3.44. The van der Waals surface area contributed by atoms with Crippen LogP contribution in [-0.4, -0.2) is 0 Å². The van der Waals surface area contributed by atoms with Crippen LogP contribution in [0.15, 0.2) is 30.3 Å². The summed E-state index contributed by atoms with van der Waals surface area (Å²) < 4.78 is 0. The van der Waals surface area contributed by atoms with E-state index in [1.54, 1.807) is 0 Å². The zero-order valence-electron chi connectivity index (χ0n) is 6.34. The molecule has 11 heavy (non-hydrogen) atoms. The zero-order valence-corrected chi connectivity index (χ0v) is 7.10. The Kier molecular flexibility index (Phi) is 2.55. The average Bonchev–Trinajstić information content (AvgIpc) is 2.05. The van der Waals surface area contributed by atoms with Crippen molar-refractivity contribution in [1.82, 2.24) is 0 Å². The van der Waals surface area contributed by atoms with Crippen molar-refractivity contribution in [2.45, 2.75) is 6.92 Å². The lowest BCUT2D eigenvalue weighted by Gasteiger charge is -1.99. The Hall–Kier alpha value is -0.950. The molecule has 0 radical (unpaired) electrons. The molecule has 2 N–H and O–H groups in total. The molecule has 1 aromatic carbocycles. The Labute approximate surface area is 71.5 Å². The third kappa shape index (κ3) is 1.99. The van der Waals surface area contributed by atoms with E-state index in [1.165, 1.54) is 0 Å². The second-order valence-corrected chi connectivity index (χ2v) is 2.69. The minimum atomic E-state index is 0.734. The molecule has 0 fully saturated rings. The molecular formula is C9H10ClN. The molecule has 0 unspecified atom stereocenters. The summed E-state index contributed by atoms with van der Waals surface area (Å²) in [5.41, 5.74) is 7.45. The van der Waals surface area contributed by atoms with E-state index >= 15 is 0 Å². The minimum absolute atomic E-state index is 0.734. The smallest absolute Gasteiger partial charge is 0.0406 e. The summed E-state index contributed by atoms with van der Waals surface area (Å²) in [7, 11) is 0. The van der Waals surface area contributed by atoms with Gasteiger partial charge in [0.05, 0.1) is 0 Å². The molecule has 1 aromatic rings. The molecule has 0 aliphatic rings. The van der Waals surface area contributed by atoms with Gasteiger partial charge in [-0.25, -0.2) is 0 Å². The van der Waals surface area contributed by atoms with E-state index < -0.39 is 0 Å². The van der Waals surface area contributed by atoms with Gasteiger partial charge < -0.3 is 5.73 Å². The second-order valence-electron chi connectivity index (χ2n) is 2.25. The highest BCUT2D eigenvalue weighted by atomic mass is 35.5. The number of hydrogen-bond donors (Lipinski definition) is 1. The van der Waals surface area contributed by atoms with Crippen LogP contribution < -0.4 is 5.73 Å². The molecule has 58 valence electrons. The van der Waals surface area contributed by atoms with Crippen molar-refractivity contribution in [2.24, 2.45) is 5.73 Å². The van der Waals surface area contributed by atoms with E-state index in [0.29, 0.717) is 0 Å². The highest BCUT2D eigenvalue weighted by Crippen LogP contribution is 2.13. The minimum Gasteiger partial charge on any atom is -0.399 e. The van der Waals surface area contributed by atoms with E-state index in [9.17, 15) is 0 Å². The summed E-state index contributed by atoms with van der Waals surface area (Å²) in [6.07, 6.45) is 1.86. The Morgan fingerprint density at radius 2 is 1.91 bits per heavy atom. The summed E-state index contributed by atoms with van der Waals surface area (Å²) in [6.45, 7) is 1.91. The molecule has 0 amide bonds. The average molecular weight is 168 g/mol. The van der Waals surface area contributed by atoms with Crippen molar-refractivity contribution in [3.63, 3.8) is 0 Å². The van der Waals surface area contributed by atoms with Crippen LogP contribution in [0.25, 0.3) is 5.70 Å². The fourth-order valence-electron chi connectivity index (χ4n) is 0.809. The van der Waals surface area contributed by atoms with E-state index in [0.717, 1.165) is 16.3 Å². The number of nitrogens with two attached hydrogens (primary N) is 1. The molecule has 1 rings (SSSR count). The predicted octanol–water partition coefficient (Wildman–Crippen LogP) is 2.66. The normalized spacial score (nSPS) is 11.6. The van der Waals surface area contributed by atoms with Gasteiger partial charge in [-0.3, -0.25) is 0 Å². The number of allylic oxidation sites excluding steroid dienone is 1. The maximum absolute atomic E-state index is 5.70. The molecule has 0 saturated heterocycles. The third-order valence-electron chi connectivity index (χ3n) is 1.49. The standard InChI is InChI=1S/C9H10ClN/c1-2-9(11)7-3-5-8(10)6-4-7/h2-6H,11H2,1H3/b9-2-. The molecule has 1 nitrogen and oxygen atoms in total. The number of hydrogen-bond acceptors (Lipinski definition) is 1. The van der Waals surface area contributed by atoms with Crippen molar-refractivity contribution < 1.29 is 0 Å². The Morgan fingerprint density at radius 1 is 1.36 bits per heavy atom. The molecule has 0 bridgehead atoms. The van der Waals surface area contributed by atoms with Crippen molar-refractivity contribution >= 4 is 17.3 Å². The molecule has 0 heterocycles. The van der Waals surface area contributed by atoms with E-state index in [4.69, 9.17) is 17.3 Å². The fraction of sp³-hybridized carbons (Fsp3) is 0.111. The van der Waals surface area contributed by atoms with Gasteiger partial charge in [0, 0.05) is 10.7 Å². The van der Waals surface area contributed by atoms with Crippen LogP contribution in [0.4, 0.5) is 0 Å². The van der Waals surface area contributed by atoms with Crippen molar-refractivity contribution in [2.75, 3.05) is 0 Å². The van der Waals surface area contributed by atoms with Gasteiger partial charge in [0.2, 0.25) is 0 Å². The van der Waals surface area contributed by atoms with E-state index in [2.05, 4.69) is 0 Å². The summed E-state index contributed by atoms with van der Waals surface area (Å²) in [6, 6.07) is 7.45. The molecular weight excluding hydrogens is 158 g/mol. The zero-order chi connectivity index (χ0) is 8.27. The van der Waals surface area contributed by atoms with Crippen LogP contribution >= 0.6 is 11.6 Å². The maximum Gasteiger partial charge on any atom is 0.0406 e. The lowest BCUT2D eigenvalue weighted by Crippen LogP contribution is -1.94. The van der Waals surface area contributed by atoms with Gasteiger partial charge in [-0.15, -0.1) is 0 Å². The van der Waals surface area contributed by atoms with Crippen molar-refractivity contribution in [3.8, 4) is 0 Å². The summed E-state index contributed by atoms with van der Waals surface area (Å²) in [4.78, 5) is 0. The molecule has 0 spiro atoms. The van der Waals surface area contributed by atoms with Crippen LogP contribution in [0.1, 0.15) is 12.5 Å². The van der Waals surface area contributed by atoms with Gasteiger partial charge in [0.1, 0.15) is 0 Å². The Balaban J connectivity index is 2.99. The first-order chi connectivity index (χ1) is 5.24. The van der Waals surface area contributed by atoms with Gasteiger partial charge >= 0.3 is 0 Å². The number of rotatable bonds is 1. The van der Waals surface area contributed by atoms with Crippen molar-refractivity contribution in [1.29, 1.82) is 0 Å². The first-order valence-electron chi connectivity index (χ1n) is 3.42. The first kappa shape index (κ1) is 8.15. The largest absolute Gasteiger partial charge is 0.399 e. The van der Waals surface area contributed by atoms with Crippen molar-refractivity contribution in [3.05, 3.63) is 40.9 Å². The summed E-state index contributed by atoms with van der Waals surface area (Å²) in [5.74, 6) is 0. The number of halogens is 1. The molecule has 0 aliphatic carbocycles. The van der Waals surface area contributed by atoms with E-state index in [-0.39, 0.29) is 0 Å². The Morgan fingerprint density at radius 3 is 2.36 bits per heavy atom. The summed E-state index contributed by atoms with van der Waals surface area (Å²) >= 11 is 5.70. The van der Waals surface area contributed by atoms with Crippen LogP contribution in [0.2, 0.25) is 5.02 Å². The highest BCUT2D eigenvalue weighted by Gasteiger charge is 1.93. The predicted molar refractivity (Wildman–Crippen MR) is 49.3 cm³/mol. The number of benzene rings is 1. The monoisotopic (exact) mass is 167 g/mol. The molecule has 2 heteroatoms. The summed E-state index contributed by atoms with van der Waals surface area (Å²) in [5, 5.41) is 0.734. The third-order valence-corrected chi connectivity index (χ3v) is 1.74. The molecule has 0 saturated carbocycles. The van der Waals surface area contributed by atoms with Gasteiger partial charge in [-0.05, 0) is 24.6 Å². The van der Waals surface area contributed by atoms with Gasteiger partial charge in [-0.2, -0.15) is 0 Å². The lowest BCUT2D eigenvalue weighted by molar-refractivity contribution is 1.49. The first-order valence-corrected chi connectivity index (χ1v) is 3.79. The SMILES string of the molecule is C/C=C(\N)c1ccc(Cl)cc1. The lowest BCUT2D eigenvalue weighted by atomic mass is 10.1. The highest BCUT2D eigenvalue weighted by molar-refractivity contribution is 6.30. The van der Waals surface area contributed by atoms with Crippen LogP contribution in [0.5, 0.6) is 0 Å². The Bertz CT molecular complexity index is 261. The quantitative estimate of drug-likeness (QED) is 0.684. The van der Waals surface area contributed by atoms with Gasteiger partial charge in [0.15, 0.2) is 0 Å². The van der Waals surface area contributed by atoms with Gasteiger partial charge in [-0.1, -0.05) is 29.8 Å². The van der Waals surface area contributed by atoms with Gasteiger partial charge in [0.25, 0.3) is 0 Å². The van der Waals surface area contributed by atoms with Crippen LogP contribution in [-0.2, 0) is 0 Å². The van der Waals surface area contributed by atoms with Crippen LogP contribution in [0.3, 0.4) is 0 Å². The maximum atomic E-state index is 5.70.